The van der Waals surface area contributed by atoms with E-state index in [1.165, 1.54) is 19.3 Å². The van der Waals surface area contributed by atoms with Crippen molar-refractivity contribution in [3.8, 4) is 0 Å². The van der Waals surface area contributed by atoms with Gasteiger partial charge in [0.25, 0.3) is 11.8 Å². The van der Waals surface area contributed by atoms with E-state index < -0.39 is 0 Å². The third-order valence-corrected chi connectivity index (χ3v) is 5.70. The zero-order valence-corrected chi connectivity index (χ0v) is 17.5. The highest BCUT2D eigenvalue weighted by atomic mass is 35.5. The fraction of sp³-hybridized carbons (Fsp3) is 0.476. The molecule has 0 saturated heterocycles. The lowest BCUT2D eigenvalue weighted by Crippen LogP contribution is -2.36. The van der Waals surface area contributed by atoms with E-state index in [2.05, 4.69) is 26.1 Å². The molecule has 1 aliphatic carbocycles. The smallest absolute Gasteiger partial charge is 0.276 e. The number of benzene rings is 1. The summed E-state index contributed by atoms with van der Waals surface area (Å²) in [6, 6.07) is 5.67. The number of aromatic nitrogens is 2. The Balaban J connectivity index is 0.00000240. The molecule has 0 radical (unpaired) electrons. The number of rotatable bonds is 4. The molecular weight excluding hydrogens is 390 g/mol. The quantitative estimate of drug-likeness (QED) is 0.614. The third kappa shape index (κ3) is 4.79. The van der Waals surface area contributed by atoms with Crippen LogP contribution in [0.2, 0.25) is 0 Å². The van der Waals surface area contributed by atoms with Gasteiger partial charge in [0.15, 0.2) is 5.69 Å². The highest BCUT2D eigenvalue weighted by Gasteiger charge is 2.22. The van der Waals surface area contributed by atoms with Gasteiger partial charge in [-0.2, -0.15) is 5.10 Å². The van der Waals surface area contributed by atoms with Crippen molar-refractivity contribution in [2.75, 3.05) is 11.9 Å². The van der Waals surface area contributed by atoms with E-state index in [1.807, 2.05) is 13.0 Å². The molecule has 4 rings (SSSR count). The standard InChI is InChI=1S/C21H27N5O2.ClH/c1-13-11-14(20(27)23-15-5-3-2-4-6-15)7-8-17(13)24-21(28)19-16-12-22-10-9-18(16)25-26-19;/h7-8,11,15,22H,2-6,9-10,12H2,1H3,(H,23,27)(H,24,28)(H,25,26);1H. The number of carbonyl (C=O) groups excluding carboxylic acids is 2. The van der Waals surface area contributed by atoms with Crippen LogP contribution in [0, 0.1) is 6.92 Å². The molecule has 1 fully saturated rings. The summed E-state index contributed by atoms with van der Waals surface area (Å²) >= 11 is 0. The minimum Gasteiger partial charge on any atom is -0.349 e. The maximum Gasteiger partial charge on any atom is 0.276 e. The number of nitrogens with one attached hydrogen (secondary N) is 4. The van der Waals surface area contributed by atoms with Gasteiger partial charge in [-0.3, -0.25) is 14.7 Å². The van der Waals surface area contributed by atoms with Gasteiger partial charge in [0, 0.05) is 48.1 Å². The highest BCUT2D eigenvalue weighted by Crippen LogP contribution is 2.21. The van der Waals surface area contributed by atoms with Crippen LogP contribution in [0.15, 0.2) is 18.2 Å². The number of anilines is 1. The average molecular weight is 418 g/mol. The molecule has 7 nitrogen and oxygen atoms in total. The molecule has 2 aromatic rings. The second-order valence-corrected chi connectivity index (χ2v) is 7.75. The van der Waals surface area contributed by atoms with E-state index in [9.17, 15) is 9.59 Å². The second kappa shape index (κ2) is 9.41. The van der Waals surface area contributed by atoms with Crippen LogP contribution in [0.4, 0.5) is 5.69 Å². The number of aromatic amines is 1. The highest BCUT2D eigenvalue weighted by molar-refractivity contribution is 6.05. The first-order valence-corrected chi connectivity index (χ1v) is 10.1. The van der Waals surface area contributed by atoms with E-state index in [-0.39, 0.29) is 30.3 Å². The number of aryl methyl sites for hydroxylation is 1. The van der Waals surface area contributed by atoms with Crippen molar-refractivity contribution < 1.29 is 9.59 Å². The van der Waals surface area contributed by atoms with Crippen molar-refractivity contribution >= 4 is 29.9 Å². The average Bonchev–Trinajstić information content (AvgIpc) is 3.14. The summed E-state index contributed by atoms with van der Waals surface area (Å²) in [5.74, 6) is -0.274. The van der Waals surface area contributed by atoms with Gasteiger partial charge < -0.3 is 16.0 Å². The van der Waals surface area contributed by atoms with Crippen molar-refractivity contribution in [2.24, 2.45) is 0 Å². The Morgan fingerprint density at radius 1 is 1.14 bits per heavy atom. The number of hydrogen-bond donors (Lipinski definition) is 4. The molecule has 1 saturated carbocycles. The van der Waals surface area contributed by atoms with Crippen LogP contribution in [0.3, 0.4) is 0 Å². The van der Waals surface area contributed by atoms with Crippen LogP contribution in [0.5, 0.6) is 0 Å². The van der Waals surface area contributed by atoms with Crippen molar-refractivity contribution in [1.29, 1.82) is 0 Å². The molecule has 0 bridgehead atoms. The Hall–Kier alpha value is -2.38. The molecule has 2 amide bonds. The molecule has 8 heteroatoms. The van der Waals surface area contributed by atoms with Gasteiger partial charge in [-0.15, -0.1) is 12.4 Å². The predicted octanol–water partition coefficient (Wildman–Crippen LogP) is 3.10. The molecule has 1 aromatic carbocycles. The summed E-state index contributed by atoms with van der Waals surface area (Å²) in [6.45, 7) is 3.43. The minimum atomic E-state index is -0.233. The molecule has 0 unspecified atom stereocenters. The maximum absolute atomic E-state index is 12.7. The van der Waals surface area contributed by atoms with E-state index in [1.54, 1.807) is 12.1 Å². The largest absolute Gasteiger partial charge is 0.349 e. The molecule has 29 heavy (non-hydrogen) atoms. The first-order valence-electron chi connectivity index (χ1n) is 10.1. The number of amides is 2. The molecule has 1 aliphatic heterocycles. The lowest BCUT2D eigenvalue weighted by molar-refractivity contribution is 0.0927. The van der Waals surface area contributed by atoms with Crippen molar-refractivity contribution in [2.45, 2.75) is 58.0 Å². The van der Waals surface area contributed by atoms with Gasteiger partial charge in [0.05, 0.1) is 0 Å². The summed E-state index contributed by atoms with van der Waals surface area (Å²) in [5.41, 5.74) is 4.57. The maximum atomic E-state index is 12.7. The number of halogens is 1. The summed E-state index contributed by atoms with van der Waals surface area (Å²) in [6.07, 6.45) is 6.58. The van der Waals surface area contributed by atoms with E-state index in [0.29, 0.717) is 23.5 Å². The third-order valence-electron chi connectivity index (χ3n) is 5.70. The van der Waals surface area contributed by atoms with Gasteiger partial charge in [-0.25, -0.2) is 0 Å². The van der Waals surface area contributed by atoms with Crippen molar-refractivity contribution in [1.82, 2.24) is 20.8 Å². The normalized spacial score (nSPS) is 16.4. The Kier molecular flexibility index (Phi) is 6.92. The monoisotopic (exact) mass is 417 g/mol. The Morgan fingerprint density at radius 3 is 2.69 bits per heavy atom. The summed E-state index contributed by atoms with van der Waals surface area (Å²) in [4.78, 5) is 25.2. The fourth-order valence-electron chi connectivity index (χ4n) is 4.06. The van der Waals surface area contributed by atoms with Crippen LogP contribution in [-0.2, 0) is 13.0 Å². The number of nitrogens with zero attached hydrogens (tertiary/aromatic N) is 1. The molecule has 1 aromatic heterocycles. The topological polar surface area (TPSA) is 98.9 Å². The van der Waals surface area contributed by atoms with Crippen LogP contribution in [-0.4, -0.2) is 34.6 Å². The first kappa shape index (κ1) is 21.3. The van der Waals surface area contributed by atoms with Crippen molar-refractivity contribution in [3.05, 3.63) is 46.3 Å². The van der Waals surface area contributed by atoms with Gasteiger partial charge >= 0.3 is 0 Å². The number of H-pyrrole nitrogens is 1. The molecule has 0 spiro atoms. The van der Waals surface area contributed by atoms with E-state index in [4.69, 9.17) is 0 Å². The van der Waals surface area contributed by atoms with E-state index in [0.717, 1.165) is 42.6 Å². The molecule has 156 valence electrons. The number of fused-ring (bicyclic) bond motifs is 1. The van der Waals surface area contributed by atoms with Crippen molar-refractivity contribution in [3.63, 3.8) is 0 Å². The Morgan fingerprint density at radius 2 is 1.93 bits per heavy atom. The van der Waals surface area contributed by atoms with Gasteiger partial charge in [0.2, 0.25) is 0 Å². The fourth-order valence-corrected chi connectivity index (χ4v) is 4.06. The summed E-state index contributed by atoms with van der Waals surface area (Å²) in [7, 11) is 0. The second-order valence-electron chi connectivity index (χ2n) is 7.75. The lowest BCUT2D eigenvalue weighted by atomic mass is 9.95. The van der Waals surface area contributed by atoms with E-state index >= 15 is 0 Å². The zero-order valence-electron chi connectivity index (χ0n) is 16.6. The zero-order chi connectivity index (χ0) is 19.5. The molecule has 4 N–H and O–H groups in total. The van der Waals surface area contributed by atoms with Crippen LogP contribution >= 0.6 is 12.4 Å². The SMILES string of the molecule is Cc1cc(C(=O)NC2CCCCC2)ccc1NC(=O)c1n[nH]c2c1CNCC2.Cl. The number of hydrogen-bond acceptors (Lipinski definition) is 4. The predicted molar refractivity (Wildman–Crippen MR) is 115 cm³/mol. The molecule has 2 aliphatic rings. The first-order chi connectivity index (χ1) is 13.6. The molecule has 0 atom stereocenters. The number of carbonyl (C=O) groups is 2. The summed E-state index contributed by atoms with van der Waals surface area (Å²) < 4.78 is 0. The summed E-state index contributed by atoms with van der Waals surface area (Å²) in [5, 5.41) is 16.5. The van der Waals surface area contributed by atoms with Gasteiger partial charge in [0.1, 0.15) is 0 Å². The van der Waals surface area contributed by atoms with Crippen LogP contribution < -0.4 is 16.0 Å². The van der Waals surface area contributed by atoms with Crippen LogP contribution in [0.1, 0.15) is 69.8 Å². The molecule has 2 heterocycles. The lowest BCUT2D eigenvalue weighted by Gasteiger charge is -2.23. The van der Waals surface area contributed by atoms with Gasteiger partial charge in [-0.1, -0.05) is 19.3 Å². The van der Waals surface area contributed by atoms with Crippen LogP contribution in [0.25, 0.3) is 0 Å². The van der Waals surface area contributed by atoms with Gasteiger partial charge in [-0.05, 0) is 43.5 Å². The Labute approximate surface area is 176 Å². The minimum absolute atomic E-state index is 0. The molecular formula is C21H28ClN5O2. The Bertz CT molecular complexity index is 889.